The predicted molar refractivity (Wildman–Crippen MR) is 97.1 cm³/mol. The van der Waals surface area contributed by atoms with Crippen LogP contribution in [0.1, 0.15) is 27.6 Å². The van der Waals surface area contributed by atoms with Crippen molar-refractivity contribution in [1.82, 2.24) is 14.8 Å². The summed E-state index contributed by atoms with van der Waals surface area (Å²) in [7, 11) is 0. The fourth-order valence-corrected chi connectivity index (χ4v) is 3.08. The minimum absolute atomic E-state index is 0.0715. The summed E-state index contributed by atoms with van der Waals surface area (Å²) in [5.41, 5.74) is 0.817. The number of carbonyl (C=O) groups is 3. The van der Waals surface area contributed by atoms with Crippen molar-refractivity contribution in [2.24, 2.45) is 0 Å². The number of aromatic nitrogens is 1. The number of carbonyl (C=O) groups excluding carboxylic acids is 3. The molecular formula is C19H18ClN3O3. The van der Waals surface area contributed by atoms with Gasteiger partial charge < -0.3 is 9.80 Å². The standard InChI is InChI=1S/C19H18ClN3O3/c1-13-12-22(18(25)14-5-3-2-4-6-14)9-10-23(13)19(26)17(24)15-7-8-16(20)21-11-15/h2-8,11,13H,9-10,12H2,1H3. The number of hydrogen-bond acceptors (Lipinski definition) is 4. The molecule has 0 N–H and O–H groups in total. The third-order valence-corrected chi connectivity index (χ3v) is 4.60. The Hall–Kier alpha value is -2.73. The van der Waals surface area contributed by atoms with Gasteiger partial charge in [-0.25, -0.2) is 4.98 Å². The molecule has 0 spiro atoms. The van der Waals surface area contributed by atoms with Gasteiger partial charge in [0.25, 0.3) is 17.6 Å². The topological polar surface area (TPSA) is 70.6 Å². The van der Waals surface area contributed by atoms with Crippen molar-refractivity contribution in [2.75, 3.05) is 19.6 Å². The number of amides is 2. The van der Waals surface area contributed by atoms with Crippen molar-refractivity contribution >= 4 is 29.2 Å². The van der Waals surface area contributed by atoms with Crippen LogP contribution in [-0.4, -0.2) is 58.1 Å². The van der Waals surface area contributed by atoms with Crippen LogP contribution in [0.2, 0.25) is 5.15 Å². The van der Waals surface area contributed by atoms with E-state index in [4.69, 9.17) is 11.6 Å². The zero-order valence-corrected chi connectivity index (χ0v) is 15.0. The largest absolute Gasteiger partial charge is 0.335 e. The summed E-state index contributed by atoms with van der Waals surface area (Å²) in [6.45, 7) is 2.91. The first-order chi connectivity index (χ1) is 12.5. The van der Waals surface area contributed by atoms with Gasteiger partial charge in [-0.1, -0.05) is 29.8 Å². The Morgan fingerprint density at radius 3 is 2.38 bits per heavy atom. The number of Topliss-reactive ketones (excluding diaryl/α,β-unsaturated/α-hetero) is 1. The molecule has 7 heteroatoms. The number of nitrogens with zero attached hydrogens (tertiary/aromatic N) is 3. The van der Waals surface area contributed by atoms with Gasteiger partial charge in [-0.05, 0) is 31.2 Å². The minimum Gasteiger partial charge on any atom is -0.335 e. The zero-order chi connectivity index (χ0) is 18.7. The Morgan fingerprint density at radius 2 is 1.77 bits per heavy atom. The average molecular weight is 372 g/mol. The van der Waals surface area contributed by atoms with Crippen molar-refractivity contribution in [1.29, 1.82) is 0 Å². The molecule has 1 unspecified atom stereocenters. The van der Waals surface area contributed by atoms with Crippen LogP contribution >= 0.6 is 11.6 Å². The SMILES string of the molecule is CC1CN(C(=O)c2ccccc2)CCN1C(=O)C(=O)c1ccc(Cl)nc1. The van der Waals surface area contributed by atoms with Crippen molar-refractivity contribution in [2.45, 2.75) is 13.0 Å². The first-order valence-corrected chi connectivity index (χ1v) is 8.66. The van der Waals surface area contributed by atoms with Gasteiger partial charge in [0.15, 0.2) is 0 Å². The normalized spacial score (nSPS) is 17.1. The van der Waals surface area contributed by atoms with E-state index in [9.17, 15) is 14.4 Å². The molecular weight excluding hydrogens is 354 g/mol. The number of ketones is 1. The van der Waals surface area contributed by atoms with E-state index in [1.165, 1.54) is 23.2 Å². The number of pyridine rings is 1. The molecule has 1 aromatic heterocycles. The maximum absolute atomic E-state index is 12.6. The molecule has 0 aliphatic carbocycles. The van der Waals surface area contributed by atoms with Gasteiger partial charge in [-0.2, -0.15) is 0 Å². The van der Waals surface area contributed by atoms with E-state index >= 15 is 0 Å². The average Bonchev–Trinajstić information content (AvgIpc) is 2.67. The number of hydrogen-bond donors (Lipinski definition) is 0. The lowest BCUT2D eigenvalue weighted by atomic mass is 10.1. The van der Waals surface area contributed by atoms with Gasteiger partial charge in [0, 0.05) is 43.0 Å². The molecule has 0 saturated carbocycles. The van der Waals surface area contributed by atoms with E-state index < -0.39 is 11.7 Å². The molecule has 2 aromatic rings. The lowest BCUT2D eigenvalue weighted by Crippen LogP contribution is -2.56. The smallest absolute Gasteiger partial charge is 0.295 e. The number of rotatable bonds is 3. The second kappa shape index (κ2) is 7.66. The van der Waals surface area contributed by atoms with E-state index in [0.29, 0.717) is 25.2 Å². The molecule has 1 aliphatic heterocycles. The zero-order valence-electron chi connectivity index (χ0n) is 14.3. The Balaban J connectivity index is 1.67. The highest BCUT2D eigenvalue weighted by Gasteiger charge is 2.33. The van der Waals surface area contributed by atoms with Crippen LogP contribution in [0.5, 0.6) is 0 Å². The molecule has 26 heavy (non-hydrogen) atoms. The van der Waals surface area contributed by atoms with E-state index in [0.717, 1.165) is 0 Å². The highest BCUT2D eigenvalue weighted by molar-refractivity contribution is 6.42. The Kier molecular flexibility index (Phi) is 5.32. The maximum atomic E-state index is 12.6. The van der Waals surface area contributed by atoms with Gasteiger partial charge in [-0.3, -0.25) is 14.4 Å². The third-order valence-electron chi connectivity index (χ3n) is 4.38. The molecule has 0 bridgehead atoms. The van der Waals surface area contributed by atoms with E-state index in [2.05, 4.69) is 4.98 Å². The van der Waals surface area contributed by atoms with Gasteiger partial charge in [-0.15, -0.1) is 0 Å². The quantitative estimate of drug-likeness (QED) is 0.471. The fraction of sp³-hybridized carbons (Fsp3) is 0.263. The van der Waals surface area contributed by atoms with Crippen molar-refractivity contribution < 1.29 is 14.4 Å². The molecule has 1 fully saturated rings. The van der Waals surface area contributed by atoms with Crippen LogP contribution < -0.4 is 0 Å². The van der Waals surface area contributed by atoms with Gasteiger partial charge in [0.05, 0.1) is 0 Å². The molecule has 0 radical (unpaired) electrons. The van der Waals surface area contributed by atoms with Crippen molar-refractivity contribution in [3.8, 4) is 0 Å². The van der Waals surface area contributed by atoms with E-state index in [-0.39, 0.29) is 22.7 Å². The Bertz CT molecular complexity index is 824. The number of piperazine rings is 1. The molecule has 3 rings (SSSR count). The summed E-state index contributed by atoms with van der Waals surface area (Å²) in [5.74, 6) is -1.28. The molecule has 1 aliphatic rings. The Morgan fingerprint density at radius 1 is 1.04 bits per heavy atom. The minimum atomic E-state index is -0.621. The summed E-state index contributed by atoms with van der Waals surface area (Å²) in [6.07, 6.45) is 1.29. The highest BCUT2D eigenvalue weighted by Crippen LogP contribution is 2.15. The van der Waals surface area contributed by atoms with E-state index in [1.807, 2.05) is 25.1 Å². The van der Waals surface area contributed by atoms with Crippen LogP contribution in [0.4, 0.5) is 0 Å². The van der Waals surface area contributed by atoms with Crippen LogP contribution in [0.25, 0.3) is 0 Å². The summed E-state index contributed by atoms with van der Waals surface area (Å²) in [4.78, 5) is 44.5. The van der Waals surface area contributed by atoms with Gasteiger partial charge >= 0.3 is 0 Å². The molecule has 1 aromatic carbocycles. The molecule has 1 saturated heterocycles. The summed E-state index contributed by atoms with van der Waals surface area (Å²) < 4.78 is 0. The molecule has 134 valence electrons. The number of benzene rings is 1. The molecule has 6 nitrogen and oxygen atoms in total. The van der Waals surface area contributed by atoms with Gasteiger partial charge in [0.2, 0.25) is 0 Å². The summed E-state index contributed by atoms with van der Waals surface area (Å²) in [6, 6.07) is 11.7. The summed E-state index contributed by atoms with van der Waals surface area (Å²) >= 11 is 5.71. The maximum Gasteiger partial charge on any atom is 0.295 e. The van der Waals surface area contributed by atoms with E-state index in [1.54, 1.807) is 17.0 Å². The van der Waals surface area contributed by atoms with Crippen LogP contribution in [-0.2, 0) is 4.79 Å². The van der Waals surface area contributed by atoms with Gasteiger partial charge in [0.1, 0.15) is 5.15 Å². The lowest BCUT2D eigenvalue weighted by molar-refractivity contribution is -0.130. The lowest BCUT2D eigenvalue weighted by Gasteiger charge is -2.39. The third kappa shape index (κ3) is 3.75. The van der Waals surface area contributed by atoms with Crippen LogP contribution in [0.3, 0.4) is 0 Å². The number of halogens is 1. The highest BCUT2D eigenvalue weighted by atomic mass is 35.5. The van der Waals surface area contributed by atoms with Crippen molar-refractivity contribution in [3.63, 3.8) is 0 Å². The second-order valence-corrected chi connectivity index (χ2v) is 6.55. The molecule has 1 atom stereocenters. The Labute approximate surface area is 156 Å². The monoisotopic (exact) mass is 371 g/mol. The summed E-state index contributed by atoms with van der Waals surface area (Å²) in [5, 5.41) is 0.260. The molecule has 2 amide bonds. The van der Waals surface area contributed by atoms with Crippen LogP contribution in [0, 0.1) is 0 Å². The first kappa shape index (κ1) is 18.1. The van der Waals surface area contributed by atoms with Crippen LogP contribution in [0.15, 0.2) is 48.7 Å². The first-order valence-electron chi connectivity index (χ1n) is 8.28. The predicted octanol–water partition coefficient (Wildman–Crippen LogP) is 2.29. The van der Waals surface area contributed by atoms with Crippen molar-refractivity contribution in [3.05, 3.63) is 64.9 Å². The molecule has 2 heterocycles. The second-order valence-electron chi connectivity index (χ2n) is 6.16. The fourth-order valence-electron chi connectivity index (χ4n) is 2.97.